The van der Waals surface area contributed by atoms with Gasteiger partial charge in [-0.15, -0.1) is 5.10 Å². The third-order valence-corrected chi connectivity index (χ3v) is 4.87. The molecule has 1 aliphatic heterocycles. The fourth-order valence-electron chi connectivity index (χ4n) is 3.64. The summed E-state index contributed by atoms with van der Waals surface area (Å²) < 4.78 is 5.29. The van der Waals surface area contributed by atoms with E-state index < -0.39 is 0 Å². The zero-order chi connectivity index (χ0) is 17.7. The maximum absolute atomic E-state index is 9.95. The van der Waals surface area contributed by atoms with E-state index in [0.717, 1.165) is 39.0 Å². The topological polar surface area (TPSA) is 83.1 Å². The van der Waals surface area contributed by atoms with Gasteiger partial charge in [0.1, 0.15) is 0 Å². The molecule has 26 heavy (non-hydrogen) atoms. The molecule has 3 heterocycles. The first kappa shape index (κ1) is 14.8. The molecule has 6 heteroatoms. The van der Waals surface area contributed by atoms with Gasteiger partial charge in [0.15, 0.2) is 17.1 Å². The van der Waals surface area contributed by atoms with Gasteiger partial charge in [-0.1, -0.05) is 24.3 Å². The van der Waals surface area contributed by atoms with Crippen molar-refractivity contribution in [1.82, 2.24) is 15.2 Å². The summed E-state index contributed by atoms with van der Waals surface area (Å²) in [6, 6.07) is 13.5. The number of H-pyrrole nitrogens is 1. The Morgan fingerprint density at radius 1 is 1.12 bits per heavy atom. The predicted molar refractivity (Wildman–Crippen MR) is 99.4 cm³/mol. The number of rotatable bonds is 2. The molecule has 4 aromatic rings. The molecule has 0 radical (unpaired) electrons. The van der Waals surface area contributed by atoms with Gasteiger partial charge in [0.05, 0.1) is 19.3 Å². The molecule has 128 valence electrons. The van der Waals surface area contributed by atoms with E-state index in [-0.39, 0.29) is 11.8 Å². The molecule has 2 aromatic carbocycles. The van der Waals surface area contributed by atoms with Crippen LogP contribution in [0.15, 0.2) is 54.9 Å². The van der Waals surface area contributed by atoms with E-state index in [1.54, 1.807) is 19.4 Å². The van der Waals surface area contributed by atoms with Crippen LogP contribution in [0.3, 0.4) is 0 Å². The number of para-hydroxylation sites is 1. The largest absolute Gasteiger partial charge is 0.504 e. The van der Waals surface area contributed by atoms with Crippen molar-refractivity contribution in [2.75, 3.05) is 12.4 Å². The Bertz CT molecular complexity index is 1140. The number of aromatic amines is 1. The Hall–Kier alpha value is -3.54. The van der Waals surface area contributed by atoms with Gasteiger partial charge in [0, 0.05) is 34.0 Å². The molecular weight excluding hydrogens is 328 g/mol. The van der Waals surface area contributed by atoms with Gasteiger partial charge in [-0.05, 0) is 23.8 Å². The van der Waals surface area contributed by atoms with Crippen LogP contribution in [-0.4, -0.2) is 27.4 Å². The van der Waals surface area contributed by atoms with Gasteiger partial charge in [-0.25, -0.2) is 0 Å². The van der Waals surface area contributed by atoms with Crippen LogP contribution in [0, 0.1) is 0 Å². The van der Waals surface area contributed by atoms with Gasteiger partial charge < -0.3 is 20.1 Å². The summed E-state index contributed by atoms with van der Waals surface area (Å²) in [5, 5.41) is 23.0. The lowest BCUT2D eigenvalue weighted by Gasteiger charge is -2.20. The van der Waals surface area contributed by atoms with Gasteiger partial charge in [0.2, 0.25) is 0 Å². The average molecular weight is 344 g/mol. The SMILES string of the molecule is COc1cc(C2Nc3ccccc3-c3cnnc4[nH]cc2c34)ccc1O. The molecule has 1 aliphatic rings. The minimum Gasteiger partial charge on any atom is -0.504 e. The zero-order valence-electron chi connectivity index (χ0n) is 14.0. The molecule has 0 spiro atoms. The van der Waals surface area contributed by atoms with Crippen LogP contribution in [-0.2, 0) is 0 Å². The molecule has 0 aliphatic carbocycles. The van der Waals surface area contributed by atoms with Crippen molar-refractivity contribution in [3.8, 4) is 22.6 Å². The average Bonchev–Trinajstić information content (AvgIpc) is 3.04. The fraction of sp³-hybridized carbons (Fsp3) is 0.100. The van der Waals surface area contributed by atoms with E-state index in [1.807, 2.05) is 30.5 Å². The highest BCUT2D eigenvalue weighted by Crippen LogP contribution is 2.44. The number of phenolic OH excluding ortho intramolecular Hbond substituents is 1. The number of hydrogen-bond donors (Lipinski definition) is 3. The first-order valence-corrected chi connectivity index (χ1v) is 8.32. The summed E-state index contributed by atoms with van der Waals surface area (Å²) in [7, 11) is 1.55. The third kappa shape index (κ3) is 2.05. The van der Waals surface area contributed by atoms with Gasteiger partial charge in [-0.2, -0.15) is 5.10 Å². The van der Waals surface area contributed by atoms with Crippen LogP contribution in [0.5, 0.6) is 11.5 Å². The van der Waals surface area contributed by atoms with Crippen molar-refractivity contribution in [2.45, 2.75) is 6.04 Å². The number of ether oxygens (including phenoxy) is 1. The van der Waals surface area contributed by atoms with Crippen LogP contribution in [0.2, 0.25) is 0 Å². The molecule has 3 N–H and O–H groups in total. The number of phenols is 1. The number of benzene rings is 2. The smallest absolute Gasteiger partial charge is 0.160 e. The number of anilines is 1. The molecule has 1 unspecified atom stereocenters. The Morgan fingerprint density at radius 2 is 2.00 bits per heavy atom. The lowest BCUT2D eigenvalue weighted by molar-refractivity contribution is 0.373. The van der Waals surface area contributed by atoms with E-state index in [0.29, 0.717) is 5.75 Å². The molecule has 0 saturated heterocycles. The van der Waals surface area contributed by atoms with E-state index >= 15 is 0 Å². The number of fused-ring (bicyclic) bond motifs is 2. The Kier molecular flexibility index (Phi) is 3.12. The van der Waals surface area contributed by atoms with Gasteiger partial charge in [0.25, 0.3) is 0 Å². The van der Waals surface area contributed by atoms with Crippen LogP contribution in [0.1, 0.15) is 17.2 Å². The fourth-order valence-corrected chi connectivity index (χ4v) is 3.64. The third-order valence-electron chi connectivity index (χ3n) is 4.87. The lowest BCUT2D eigenvalue weighted by Crippen LogP contribution is -2.11. The second-order valence-electron chi connectivity index (χ2n) is 6.28. The van der Waals surface area contributed by atoms with Crippen molar-refractivity contribution in [1.29, 1.82) is 0 Å². The van der Waals surface area contributed by atoms with E-state index in [9.17, 15) is 5.11 Å². The molecule has 0 bridgehead atoms. The Labute approximate surface area is 149 Å². The van der Waals surface area contributed by atoms with Crippen LogP contribution < -0.4 is 10.1 Å². The second-order valence-corrected chi connectivity index (χ2v) is 6.28. The highest BCUT2D eigenvalue weighted by molar-refractivity contribution is 6.00. The van der Waals surface area contributed by atoms with Crippen molar-refractivity contribution < 1.29 is 9.84 Å². The molecule has 5 rings (SSSR count). The lowest BCUT2D eigenvalue weighted by atomic mass is 9.97. The molecule has 2 aromatic heterocycles. The van der Waals surface area contributed by atoms with E-state index in [2.05, 4.69) is 32.6 Å². The summed E-state index contributed by atoms with van der Waals surface area (Å²) >= 11 is 0. The summed E-state index contributed by atoms with van der Waals surface area (Å²) in [4.78, 5) is 3.22. The minimum absolute atomic E-state index is 0.121. The monoisotopic (exact) mass is 344 g/mol. The minimum atomic E-state index is -0.121. The van der Waals surface area contributed by atoms with E-state index in [4.69, 9.17) is 4.74 Å². The first-order valence-electron chi connectivity index (χ1n) is 8.32. The Balaban J connectivity index is 1.80. The number of aromatic hydroxyl groups is 1. The molecular formula is C20H16N4O2. The van der Waals surface area contributed by atoms with Crippen molar-refractivity contribution in [3.63, 3.8) is 0 Å². The van der Waals surface area contributed by atoms with Crippen LogP contribution in [0.4, 0.5) is 5.69 Å². The number of aromatic nitrogens is 3. The van der Waals surface area contributed by atoms with Crippen LogP contribution in [0.25, 0.3) is 22.2 Å². The maximum atomic E-state index is 9.95. The number of nitrogens with one attached hydrogen (secondary N) is 2. The molecule has 1 atom stereocenters. The Morgan fingerprint density at radius 3 is 2.88 bits per heavy atom. The highest BCUT2D eigenvalue weighted by Gasteiger charge is 2.26. The van der Waals surface area contributed by atoms with Crippen molar-refractivity contribution in [2.24, 2.45) is 0 Å². The summed E-state index contributed by atoms with van der Waals surface area (Å²) in [5.41, 5.74) is 5.97. The molecule has 6 nitrogen and oxygen atoms in total. The molecule has 0 amide bonds. The summed E-state index contributed by atoms with van der Waals surface area (Å²) in [6.07, 6.45) is 3.77. The molecule has 0 saturated carbocycles. The normalized spacial score (nSPS) is 15.2. The number of hydrogen-bond acceptors (Lipinski definition) is 5. The summed E-state index contributed by atoms with van der Waals surface area (Å²) in [5.74, 6) is 0.567. The quantitative estimate of drug-likeness (QED) is 0.514. The highest BCUT2D eigenvalue weighted by atomic mass is 16.5. The van der Waals surface area contributed by atoms with Crippen LogP contribution >= 0.6 is 0 Å². The maximum Gasteiger partial charge on any atom is 0.160 e. The second kappa shape index (κ2) is 5.49. The first-order chi connectivity index (χ1) is 12.8. The molecule has 0 fully saturated rings. The predicted octanol–water partition coefficient (Wildman–Crippen LogP) is 3.85. The standard InChI is InChI=1S/C20H16N4O2/c1-26-17-8-11(6-7-16(17)25)19-14-9-21-20-18(14)13(10-22-24-20)12-4-2-3-5-15(12)23-19/h2-10,19,23,25H,1H3,(H,21,24). The zero-order valence-corrected chi connectivity index (χ0v) is 14.0. The summed E-state index contributed by atoms with van der Waals surface area (Å²) in [6.45, 7) is 0. The van der Waals surface area contributed by atoms with Gasteiger partial charge in [-0.3, -0.25) is 0 Å². The number of nitrogens with zero attached hydrogens (tertiary/aromatic N) is 2. The van der Waals surface area contributed by atoms with E-state index in [1.165, 1.54) is 0 Å². The van der Waals surface area contributed by atoms with Gasteiger partial charge >= 0.3 is 0 Å². The van der Waals surface area contributed by atoms with Crippen molar-refractivity contribution >= 4 is 16.7 Å². The van der Waals surface area contributed by atoms with Crippen molar-refractivity contribution in [3.05, 3.63) is 66.0 Å². The number of methoxy groups -OCH3 is 1.